The van der Waals surface area contributed by atoms with Gasteiger partial charge in [-0.25, -0.2) is 4.79 Å². The van der Waals surface area contributed by atoms with Crippen LogP contribution in [0.2, 0.25) is 0 Å². The maximum absolute atomic E-state index is 10.5. The molecule has 2 N–H and O–H groups in total. The quantitative estimate of drug-likeness (QED) is 0.533. The molecule has 4 heteroatoms. The molecule has 0 unspecified atom stereocenters. The van der Waals surface area contributed by atoms with Crippen molar-refractivity contribution in [3.05, 3.63) is 0 Å². The van der Waals surface area contributed by atoms with Gasteiger partial charge in [-0.2, -0.15) is 0 Å². The topological polar surface area (TPSA) is 58.6 Å². The van der Waals surface area contributed by atoms with E-state index in [9.17, 15) is 4.79 Å². The van der Waals surface area contributed by atoms with Crippen LogP contribution in [0, 0.1) is 5.41 Å². The number of carbonyl (C=O) groups is 1. The zero-order valence-electron chi connectivity index (χ0n) is 5.89. The van der Waals surface area contributed by atoms with Crippen LogP contribution in [0.4, 0.5) is 4.79 Å². The number of amides is 1. The van der Waals surface area contributed by atoms with E-state index < -0.39 is 6.09 Å². The molecular weight excluding hydrogens is 134 g/mol. The summed E-state index contributed by atoms with van der Waals surface area (Å²) in [5, 5.41) is 11.3. The largest absolute Gasteiger partial charge is 0.449 e. The summed E-state index contributed by atoms with van der Waals surface area (Å²) in [7, 11) is 0. The Hall–Kier alpha value is -0.770. The van der Waals surface area contributed by atoms with Gasteiger partial charge in [-0.1, -0.05) is 6.92 Å². The van der Waals surface area contributed by atoms with Crippen LogP contribution in [0.1, 0.15) is 6.92 Å². The molecule has 0 bridgehead atoms. The normalized spacial score (nSPS) is 32.8. The second kappa shape index (κ2) is 2.46. The van der Waals surface area contributed by atoms with Crippen LogP contribution in [0.3, 0.4) is 0 Å². The molecule has 0 aliphatic carbocycles. The Kier molecular flexibility index (Phi) is 1.80. The Morgan fingerprint density at radius 3 is 3.00 bits per heavy atom. The van der Waals surface area contributed by atoms with Crippen LogP contribution in [0.15, 0.2) is 0 Å². The molecule has 4 nitrogen and oxygen atoms in total. The van der Waals surface area contributed by atoms with E-state index in [1.165, 1.54) is 0 Å². The zero-order valence-corrected chi connectivity index (χ0v) is 5.89. The van der Waals surface area contributed by atoms with E-state index in [1.807, 2.05) is 6.92 Å². The molecule has 1 heterocycles. The Bertz CT molecular complexity index is 136. The standard InChI is InChI=1S/C6H11NO3/c1-6(3-8)2-7-5(9)10-4-6/h8H,2-4H2,1H3,(H,7,9)/t6-/m0/s1. The van der Waals surface area contributed by atoms with Crippen LogP contribution < -0.4 is 5.32 Å². The van der Waals surface area contributed by atoms with Crippen molar-refractivity contribution >= 4 is 6.09 Å². The number of aliphatic hydroxyl groups excluding tert-OH is 1. The Balaban J connectivity index is 2.46. The Labute approximate surface area is 59.2 Å². The summed E-state index contributed by atoms with van der Waals surface area (Å²) in [6, 6.07) is 0. The van der Waals surface area contributed by atoms with E-state index in [4.69, 9.17) is 5.11 Å². The fourth-order valence-corrected chi connectivity index (χ4v) is 0.729. The number of nitrogens with one attached hydrogen (secondary N) is 1. The third kappa shape index (κ3) is 1.39. The second-order valence-corrected chi connectivity index (χ2v) is 2.90. The highest BCUT2D eigenvalue weighted by molar-refractivity contribution is 5.67. The third-order valence-electron chi connectivity index (χ3n) is 1.59. The van der Waals surface area contributed by atoms with E-state index in [1.54, 1.807) is 0 Å². The van der Waals surface area contributed by atoms with E-state index in [0.29, 0.717) is 13.2 Å². The average molecular weight is 145 g/mol. The van der Waals surface area contributed by atoms with Gasteiger partial charge in [0.2, 0.25) is 0 Å². The van der Waals surface area contributed by atoms with Crippen LogP contribution in [-0.2, 0) is 4.74 Å². The molecular formula is C6H11NO3. The molecule has 1 saturated heterocycles. The molecule has 58 valence electrons. The summed E-state index contributed by atoms with van der Waals surface area (Å²) in [4.78, 5) is 10.5. The highest BCUT2D eigenvalue weighted by atomic mass is 16.6. The van der Waals surface area contributed by atoms with Crippen molar-refractivity contribution in [1.82, 2.24) is 5.32 Å². The van der Waals surface area contributed by atoms with Gasteiger partial charge in [0.1, 0.15) is 6.61 Å². The Morgan fingerprint density at radius 2 is 2.60 bits per heavy atom. The van der Waals surface area contributed by atoms with Crippen LogP contribution in [-0.4, -0.2) is 31.0 Å². The SMILES string of the molecule is C[C@@]1(CO)CNC(=O)OC1. The summed E-state index contributed by atoms with van der Waals surface area (Å²) in [6.07, 6.45) is -0.397. The minimum atomic E-state index is -0.397. The molecule has 0 saturated carbocycles. The average Bonchev–Trinajstić information content (AvgIpc) is 1.96. The van der Waals surface area contributed by atoms with E-state index in [-0.39, 0.29) is 12.0 Å². The van der Waals surface area contributed by atoms with Crippen molar-refractivity contribution in [2.75, 3.05) is 19.8 Å². The van der Waals surface area contributed by atoms with E-state index >= 15 is 0 Å². The maximum Gasteiger partial charge on any atom is 0.407 e. The van der Waals surface area contributed by atoms with Gasteiger partial charge < -0.3 is 15.2 Å². The molecule has 10 heavy (non-hydrogen) atoms. The molecule has 1 aliphatic heterocycles. The number of cyclic esters (lactones) is 1. The van der Waals surface area contributed by atoms with Crippen LogP contribution in [0.5, 0.6) is 0 Å². The minimum absolute atomic E-state index is 0.0350. The van der Waals surface area contributed by atoms with Gasteiger partial charge in [0.05, 0.1) is 6.61 Å². The van der Waals surface area contributed by atoms with Crippen LogP contribution >= 0.6 is 0 Å². The number of alkyl carbamates (subject to hydrolysis) is 1. The van der Waals surface area contributed by atoms with Crippen molar-refractivity contribution < 1.29 is 14.6 Å². The monoisotopic (exact) mass is 145 g/mol. The predicted molar refractivity (Wildman–Crippen MR) is 34.5 cm³/mol. The van der Waals surface area contributed by atoms with Gasteiger partial charge in [-0.15, -0.1) is 0 Å². The summed E-state index contributed by atoms with van der Waals surface area (Å²) in [5.41, 5.74) is -0.298. The molecule has 0 spiro atoms. The zero-order chi connectivity index (χ0) is 7.61. The molecule has 1 atom stereocenters. The molecule has 1 amide bonds. The molecule has 1 fully saturated rings. The van der Waals surface area contributed by atoms with Crippen molar-refractivity contribution in [2.45, 2.75) is 6.92 Å². The lowest BCUT2D eigenvalue weighted by Gasteiger charge is -2.30. The first kappa shape index (κ1) is 7.34. The first-order valence-corrected chi connectivity index (χ1v) is 3.18. The van der Waals surface area contributed by atoms with Crippen molar-refractivity contribution in [3.8, 4) is 0 Å². The van der Waals surface area contributed by atoms with Gasteiger partial charge in [-0.3, -0.25) is 0 Å². The van der Waals surface area contributed by atoms with E-state index in [2.05, 4.69) is 10.1 Å². The van der Waals surface area contributed by atoms with E-state index in [0.717, 1.165) is 0 Å². The summed E-state index contributed by atoms with van der Waals surface area (Å²) in [6.45, 7) is 2.68. The predicted octanol–water partition coefficient (Wildman–Crippen LogP) is -0.275. The van der Waals surface area contributed by atoms with Gasteiger partial charge in [0.25, 0.3) is 0 Å². The molecule has 0 radical (unpaired) electrons. The lowest BCUT2D eigenvalue weighted by molar-refractivity contribution is 0.0243. The number of hydrogen-bond acceptors (Lipinski definition) is 3. The summed E-state index contributed by atoms with van der Waals surface area (Å²) < 4.78 is 4.67. The van der Waals surface area contributed by atoms with Crippen molar-refractivity contribution in [3.63, 3.8) is 0 Å². The first-order chi connectivity index (χ1) is 4.66. The minimum Gasteiger partial charge on any atom is -0.449 e. The molecule has 0 aromatic carbocycles. The van der Waals surface area contributed by atoms with Gasteiger partial charge in [-0.05, 0) is 0 Å². The fraction of sp³-hybridized carbons (Fsp3) is 0.833. The summed E-state index contributed by atoms with van der Waals surface area (Å²) in [5.74, 6) is 0. The van der Waals surface area contributed by atoms with Crippen molar-refractivity contribution in [1.29, 1.82) is 0 Å². The highest BCUT2D eigenvalue weighted by Gasteiger charge is 2.30. The Morgan fingerprint density at radius 1 is 1.90 bits per heavy atom. The molecule has 0 aromatic heterocycles. The third-order valence-corrected chi connectivity index (χ3v) is 1.59. The maximum atomic E-state index is 10.5. The second-order valence-electron chi connectivity index (χ2n) is 2.90. The molecule has 0 aromatic rings. The highest BCUT2D eigenvalue weighted by Crippen LogP contribution is 2.17. The van der Waals surface area contributed by atoms with Gasteiger partial charge >= 0.3 is 6.09 Å². The molecule has 1 rings (SSSR count). The number of aliphatic hydroxyl groups is 1. The van der Waals surface area contributed by atoms with Gasteiger partial charge in [0, 0.05) is 12.0 Å². The lowest BCUT2D eigenvalue weighted by atomic mass is 9.92. The number of carbonyl (C=O) groups excluding carboxylic acids is 1. The lowest BCUT2D eigenvalue weighted by Crippen LogP contribution is -2.47. The number of ether oxygens (including phenoxy) is 1. The fourth-order valence-electron chi connectivity index (χ4n) is 0.729. The summed E-state index contributed by atoms with van der Waals surface area (Å²) >= 11 is 0. The smallest absolute Gasteiger partial charge is 0.407 e. The number of rotatable bonds is 1. The van der Waals surface area contributed by atoms with Crippen LogP contribution in [0.25, 0.3) is 0 Å². The first-order valence-electron chi connectivity index (χ1n) is 3.18. The number of hydrogen-bond donors (Lipinski definition) is 2. The van der Waals surface area contributed by atoms with Crippen molar-refractivity contribution in [2.24, 2.45) is 5.41 Å². The van der Waals surface area contributed by atoms with Gasteiger partial charge in [0.15, 0.2) is 0 Å². The molecule has 1 aliphatic rings.